The second-order valence-corrected chi connectivity index (χ2v) is 9.22. The molecule has 0 spiro atoms. The molecule has 0 amide bonds. The summed E-state index contributed by atoms with van der Waals surface area (Å²) in [7, 11) is -2.10. The number of sulfonamides is 1. The van der Waals surface area contributed by atoms with E-state index in [1.165, 1.54) is 22.8 Å². The number of para-hydroxylation sites is 2. The first kappa shape index (κ1) is 18.2. The smallest absolute Gasteiger partial charge is 0.274 e. The van der Waals surface area contributed by atoms with Crippen LogP contribution in [0.4, 0.5) is 0 Å². The number of piperidine rings is 1. The number of aromatic nitrogens is 1. The zero-order chi connectivity index (χ0) is 18.9. The van der Waals surface area contributed by atoms with E-state index in [0.29, 0.717) is 36.9 Å². The number of benzene rings is 2. The van der Waals surface area contributed by atoms with Gasteiger partial charge in [-0.2, -0.15) is 4.31 Å². The van der Waals surface area contributed by atoms with Gasteiger partial charge in [0.1, 0.15) is 16.7 Å². The molecule has 6 nitrogen and oxygen atoms in total. The van der Waals surface area contributed by atoms with Crippen LogP contribution in [0.15, 0.2) is 53.4 Å². The Kier molecular flexibility index (Phi) is 5.03. The third-order valence-corrected chi connectivity index (χ3v) is 7.49. The molecule has 2 aromatic carbocycles. The number of hydrogen-bond acceptors (Lipinski definition) is 6. The van der Waals surface area contributed by atoms with Gasteiger partial charge in [-0.3, -0.25) is 0 Å². The minimum atomic E-state index is -3.58. The third-order valence-electron chi connectivity index (χ3n) is 4.63. The summed E-state index contributed by atoms with van der Waals surface area (Å²) in [4.78, 5) is 4.70. The van der Waals surface area contributed by atoms with Crippen LogP contribution in [0.3, 0.4) is 0 Å². The molecule has 0 saturated carbocycles. The normalized spacial score (nSPS) is 16.5. The van der Waals surface area contributed by atoms with Gasteiger partial charge in [-0.05, 0) is 37.1 Å². The molecule has 0 radical (unpaired) electrons. The molecular weight excluding hydrogens is 384 g/mol. The lowest BCUT2D eigenvalue weighted by Gasteiger charge is -2.31. The molecular formula is C19H20N2O4S2. The standard InChI is InChI=1S/C19H20N2O4S2/c1-24-16-7-3-5-9-18(16)27(22,23)21-12-10-14(11-13-21)25-19-20-15-6-2-4-8-17(15)26-19/h2-9,14H,10-13H2,1H3. The zero-order valence-corrected chi connectivity index (χ0v) is 16.5. The van der Waals surface area contributed by atoms with Crippen molar-refractivity contribution in [2.75, 3.05) is 20.2 Å². The lowest BCUT2D eigenvalue weighted by molar-refractivity contribution is 0.135. The van der Waals surface area contributed by atoms with Crippen LogP contribution in [0.5, 0.6) is 10.9 Å². The lowest BCUT2D eigenvalue weighted by atomic mass is 10.1. The largest absolute Gasteiger partial charge is 0.495 e. The lowest BCUT2D eigenvalue weighted by Crippen LogP contribution is -2.41. The van der Waals surface area contributed by atoms with Gasteiger partial charge >= 0.3 is 0 Å². The van der Waals surface area contributed by atoms with E-state index >= 15 is 0 Å². The maximum Gasteiger partial charge on any atom is 0.274 e. The quantitative estimate of drug-likeness (QED) is 0.651. The number of ether oxygens (including phenoxy) is 2. The number of rotatable bonds is 5. The monoisotopic (exact) mass is 404 g/mol. The van der Waals surface area contributed by atoms with Gasteiger partial charge < -0.3 is 9.47 Å². The van der Waals surface area contributed by atoms with Crippen molar-refractivity contribution in [3.05, 3.63) is 48.5 Å². The Morgan fingerprint density at radius 3 is 2.52 bits per heavy atom. The molecule has 1 saturated heterocycles. The van der Waals surface area contributed by atoms with Crippen molar-refractivity contribution in [2.24, 2.45) is 0 Å². The highest BCUT2D eigenvalue weighted by Gasteiger charge is 2.32. The summed E-state index contributed by atoms with van der Waals surface area (Å²) in [6.07, 6.45) is 1.23. The molecule has 27 heavy (non-hydrogen) atoms. The maximum atomic E-state index is 12.9. The van der Waals surface area contributed by atoms with Crippen molar-refractivity contribution >= 4 is 31.6 Å². The highest BCUT2D eigenvalue weighted by molar-refractivity contribution is 7.89. The summed E-state index contributed by atoms with van der Waals surface area (Å²) in [5.74, 6) is 0.366. The summed E-state index contributed by atoms with van der Waals surface area (Å²) in [5.41, 5.74) is 0.925. The predicted octanol–water partition coefficient (Wildman–Crippen LogP) is 3.54. The first-order chi connectivity index (χ1) is 13.1. The number of methoxy groups -OCH3 is 1. The van der Waals surface area contributed by atoms with Crippen molar-refractivity contribution in [3.8, 4) is 10.9 Å². The number of hydrogen-bond donors (Lipinski definition) is 0. The fourth-order valence-corrected chi connectivity index (χ4v) is 5.71. The molecule has 3 aromatic rings. The van der Waals surface area contributed by atoms with Crippen LogP contribution >= 0.6 is 11.3 Å². The molecule has 1 aliphatic rings. The van der Waals surface area contributed by atoms with Gasteiger partial charge in [-0.15, -0.1) is 0 Å². The topological polar surface area (TPSA) is 68.7 Å². The molecule has 1 aliphatic heterocycles. The predicted molar refractivity (Wildman–Crippen MR) is 105 cm³/mol. The Hall–Kier alpha value is -2.16. The van der Waals surface area contributed by atoms with Crippen LogP contribution in [0.2, 0.25) is 0 Å². The van der Waals surface area contributed by atoms with Crippen LogP contribution in [-0.4, -0.2) is 44.0 Å². The van der Waals surface area contributed by atoms with E-state index in [0.717, 1.165) is 10.2 Å². The van der Waals surface area contributed by atoms with Crippen LogP contribution in [-0.2, 0) is 10.0 Å². The van der Waals surface area contributed by atoms with E-state index in [-0.39, 0.29) is 11.0 Å². The third kappa shape index (κ3) is 3.65. The van der Waals surface area contributed by atoms with E-state index in [1.54, 1.807) is 24.3 Å². The molecule has 8 heteroatoms. The highest BCUT2D eigenvalue weighted by Crippen LogP contribution is 2.31. The summed E-state index contributed by atoms with van der Waals surface area (Å²) in [6.45, 7) is 0.825. The van der Waals surface area contributed by atoms with Crippen LogP contribution in [0.1, 0.15) is 12.8 Å². The molecule has 0 N–H and O–H groups in total. The number of thiazole rings is 1. The molecule has 4 rings (SSSR count). The molecule has 0 atom stereocenters. The molecule has 0 bridgehead atoms. The Labute approximate surface area is 162 Å². The van der Waals surface area contributed by atoms with Crippen LogP contribution < -0.4 is 9.47 Å². The van der Waals surface area contributed by atoms with Crippen molar-refractivity contribution in [1.29, 1.82) is 0 Å². The highest BCUT2D eigenvalue weighted by atomic mass is 32.2. The van der Waals surface area contributed by atoms with E-state index < -0.39 is 10.0 Å². The Morgan fingerprint density at radius 2 is 1.78 bits per heavy atom. The van der Waals surface area contributed by atoms with Crippen molar-refractivity contribution < 1.29 is 17.9 Å². The minimum absolute atomic E-state index is 0.0327. The maximum absolute atomic E-state index is 12.9. The Bertz CT molecular complexity index is 1010. The van der Waals surface area contributed by atoms with E-state index in [1.807, 2.05) is 24.3 Å². The fraction of sp³-hybridized carbons (Fsp3) is 0.316. The molecule has 0 unspecified atom stereocenters. The van der Waals surface area contributed by atoms with Crippen molar-refractivity contribution in [3.63, 3.8) is 0 Å². The first-order valence-electron chi connectivity index (χ1n) is 8.73. The van der Waals surface area contributed by atoms with Gasteiger partial charge in [-0.1, -0.05) is 35.6 Å². The summed E-state index contributed by atoms with van der Waals surface area (Å²) >= 11 is 1.52. The van der Waals surface area contributed by atoms with E-state index in [9.17, 15) is 8.42 Å². The second kappa shape index (κ2) is 7.46. The van der Waals surface area contributed by atoms with Gasteiger partial charge in [0.2, 0.25) is 10.0 Å². The summed E-state index contributed by atoms with van der Waals surface area (Å²) < 4.78 is 39.7. The Balaban J connectivity index is 1.43. The number of nitrogens with zero attached hydrogens (tertiary/aromatic N) is 2. The van der Waals surface area contributed by atoms with Crippen LogP contribution in [0, 0.1) is 0 Å². The minimum Gasteiger partial charge on any atom is -0.495 e. The summed E-state index contributed by atoms with van der Waals surface area (Å²) in [5, 5.41) is 0.641. The van der Waals surface area contributed by atoms with Gasteiger partial charge in [0.25, 0.3) is 5.19 Å². The molecule has 2 heterocycles. The zero-order valence-electron chi connectivity index (χ0n) is 14.9. The number of fused-ring (bicyclic) bond motifs is 1. The van der Waals surface area contributed by atoms with Gasteiger partial charge in [0.05, 0.1) is 17.3 Å². The van der Waals surface area contributed by atoms with Gasteiger partial charge in [0.15, 0.2) is 0 Å². The first-order valence-corrected chi connectivity index (χ1v) is 11.0. The van der Waals surface area contributed by atoms with Crippen molar-refractivity contribution in [1.82, 2.24) is 9.29 Å². The molecule has 1 fully saturated rings. The van der Waals surface area contributed by atoms with Crippen molar-refractivity contribution in [2.45, 2.75) is 23.8 Å². The van der Waals surface area contributed by atoms with Crippen LogP contribution in [0.25, 0.3) is 10.2 Å². The second-order valence-electron chi connectivity index (χ2n) is 6.32. The molecule has 1 aromatic heterocycles. The fourth-order valence-electron chi connectivity index (χ4n) is 3.21. The summed E-state index contributed by atoms with van der Waals surface area (Å²) in [6, 6.07) is 14.6. The molecule has 142 valence electrons. The molecule has 0 aliphatic carbocycles. The van der Waals surface area contributed by atoms with Gasteiger partial charge in [-0.25, -0.2) is 13.4 Å². The Morgan fingerprint density at radius 1 is 1.07 bits per heavy atom. The average Bonchev–Trinajstić information content (AvgIpc) is 3.10. The van der Waals surface area contributed by atoms with E-state index in [4.69, 9.17) is 9.47 Å². The van der Waals surface area contributed by atoms with E-state index in [2.05, 4.69) is 4.98 Å². The average molecular weight is 405 g/mol. The van der Waals surface area contributed by atoms with Gasteiger partial charge in [0, 0.05) is 13.1 Å². The SMILES string of the molecule is COc1ccccc1S(=O)(=O)N1CCC(Oc2nc3ccccc3s2)CC1.